The fraction of sp³-hybridized carbons (Fsp3) is 0.600. The van der Waals surface area contributed by atoms with Crippen LogP contribution in [0.3, 0.4) is 0 Å². The molecule has 0 spiro atoms. The molecular weight excluding hydrogens is 288 g/mol. The van der Waals surface area contributed by atoms with Crippen LogP contribution in [-0.2, 0) is 5.33 Å². The molecule has 2 rings (SSSR count). The van der Waals surface area contributed by atoms with Gasteiger partial charge in [0.1, 0.15) is 0 Å². The Morgan fingerprint density at radius 1 is 1.33 bits per heavy atom. The number of nitrogens with zero attached hydrogens (tertiary/aromatic N) is 2. The summed E-state index contributed by atoms with van der Waals surface area (Å²) in [5.41, 5.74) is 4.15. The van der Waals surface area contributed by atoms with Crippen LogP contribution in [0.1, 0.15) is 24.5 Å². The van der Waals surface area contributed by atoms with Crippen LogP contribution in [0.25, 0.3) is 0 Å². The molecule has 0 aliphatic carbocycles. The summed E-state index contributed by atoms with van der Waals surface area (Å²) >= 11 is 3.52. The highest BCUT2D eigenvalue weighted by atomic mass is 79.9. The van der Waals surface area contributed by atoms with Crippen LogP contribution < -0.4 is 4.90 Å². The van der Waals surface area contributed by atoms with Crippen molar-refractivity contribution in [3.05, 3.63) is 29.3 Å². The number of alkyl halides is 1. The summed E-state index contributed by atoms with van der Waals surface area (Å²) < 4.78 is 0. The minimum Gasteiger partial charge on any atom is -0.367 e. The van der Waals surface area contributed by atoms with Gasteiger partial charge in [0.15, 0.2) is 0 Å². The van der Waals surface area contributed by atoms with Crippen molar-refractivity contribution >= 4 is 21.6 Å². The topological polar surface area (TPSA) is 6.48 Å². The lowest BCUT2D eigenvalue weighted by atomic mass is 10.1. The predicted molar refractivity (Wildman–Crippen MR) is 82.7 cm³/mol. The highest BCUT2D eigenvalue weighted by Gasteiger charge is 2.20. The second kappa shape index (κ2) is 6.07. The normalized spacial score (nSPS) is 22.0. The summed E-state index contributed by atoms with van der Waals surface area (Å²) in [6.07, 6.45) is 1.25. The van der Waals surface area contributed by atoms with Crippen molar-refractivity contribution in [2.75, 3.05) is 31.6 Å². The molecule has 1 unspecified atom stereocenters. The van der Waals surface area contributed by atoms with Gasteiger partial charge in [0, 0.05) is 30.1 Å². The van der Waals surface area contributed by atoms with Gasteiger partial charge in [-0.25, -0.2) is 0 Å². The molecule has 1 aliphatic rings. The third-order valence-electron chi connectivity index (χ3n) is 3.77. The van der Waals surface area contributed by atoms with Gasteiger partial charge in [-0.2, -0.15) is 0 Å². The molecule has 0 N–H and O–H groups in total. The largest absolute Gasteiger partial charge is 0.367 e. The third kappa shape index (κ3) is 3.07. The standard InChI is InChI=1S/C15H23BrN2/c1-12-9-14(10-16)5-6-15(12)18-8-4-7-17(3)11-13(18)2/h5-6,9,13H,4,7-8,10-11H2,1-3H3. The summed E-state index contributed by atoms with van der Waals surface area (Å²) in [4.78, 5) is 5.00. The molecule has 1 aromatic rings. The van der Waals surface area contributed by atoms with Crippen molar-refractivity contribution in [1.82, 2.24) is 4.90 Å². The maximum atomic E-state index is 3.52. The van der Waals surface area contributed by atoms with Crippen LogP contribution in [0.5, 0.6) is 0 Å². The molecule has 3 heteroatoms. The second-order valence-corrected chi connectivity index (χ2v) is 5.97. The smallest absolute Gasteiger partial charge is 0.0398 e. The minimum absolute atomic E-state index is 0.589. The van der Waals surface area contributed by atoms with Crippen molar-refractivity contribution in [3.8, 4) is 0 Å². The number of likely N-dealkylation sites (N-methyl/N-ethyl adjacent to an activating group) is 1. The Labute approximate surface area is 119 Å². The summed E-state index contributed by atoms with van der Waals surface area (Å²) in [6, 6.07) is 7.41. The molecule has 18 heavy (non-hydrogen) atoms. The van der Waals surface area contributed by atoms with Gasteiger partial charge in [0.25, 0.3) is 0 Å². The second-order valence-electron chi connectivity index (χ2n) is 5.41. The van der Waals surface area contributed by atoms with E-state index in [0.717, 1.165) is 11.9 Å². The van der Waals surface area contributed by atoms with Crippen molar-refractivity contribution in [1.29, 1.82) is 0 Å². The van der Waals surface area contributed by atoms with E-state index in [2.05, 4.69) is 64.8 Å². The maximum Gasteiger partial charge on any atom is 0.0398 e. The summed E-state index contributed by atoms with van der Waals surface area (Å²) in [5.74, 6) is 0. The van der Waals surface area contributed by atoms with Crippen LogP contribution in [-0.4, -0.2) is 37.6 Å². The number of halogens is 1. The number of rotatable bonds is 2. The predicted octanol–water partition coefficient (Wildman–Crippen LogP) is 3.42. The van der Waals surface area contributed by atoms with E-state index >= 15 is 0 Å². The zero-order valence-corrected chi connectivity index (χ0v) is 13.2. The zero-order chi connectivity index (χ0) is 13.1. The molecule has 1 aromatic carbocycles. The fourth-order valence-electron chi connectivity index (χ4n) is 2.85. The van der Waals surface area contributed by atoms with Gasteiger partial charge in [-0.15, -0.1) is 0 Å². The van der Waals surface area contributed by atoms with Gasteiger partial charge >= 0.3 is 0 Å². The van der Waals surface area contributed by atoms with Crippen molar-refractivity contribution in [3.63, 3.8) is 0 Å². The summed E-state index contributed by atoms with van der Waals surface area (Å²) in [7, 11) is 2.22. The highest BCUT2D eigenvalue weighted by molar-refractivity contribution is 9.08. The molecule has 1 saturated heterocycles. The molecule has 0 aromatic heterocycles. The number of benzene rings is 1. The first kappa shape index (κ1) is 13.9. The molecule has 2 nitrogen and oxygen atoms in total. The monoisotopic (exact) mass is 310 g/mol. The molecule has 0 bridgehead atoms. The molecule has 1 aliphatic heterocycles. The lowest BCUT2D eigenvalue weighted by Gasteiger charge is -2.31. The van der Waals surface area contributed by atoms with Crippen LogP contribution in [0.2, 0.25) is 0 Å². The van der Waals surface area contributed by atoms with Crippen molar-refractivity contribution in [2.24, 2.45) is 0 Å². The van der Waals surface area contributed by atoms with Gasteiger partial charge in [-0.1, -0.05) is 28.1 Å². The summed E-state index contributed by atoms with van der Waals surface area (Å²) in [6.45, 7) is 8.08. The van der Waals surface area contributed by atoms with E-state index in [1.54, 1.807) is 0 Å². The van der Waals surface area contributed by atoms with Crippen molar-refractivity contribution < 1.29 is 0 Å². The fourth-order valence-corrected chi connectivity index (χ4v) is 3.20. The molecule has 1 heterocycles. The SMILES string of the molecule is Cc1cc(CBr)ccc1N1CCCN(C)CC1C. The Bertz CT molecular complexity index is 405. The molecule has 100 valence electrons. The van der Waals surface area contributed by atoms with Crippen LogP contribution >= 0.6 is 15.9 Å². The Balaban J connectivity index is 2.24. The Morgan fingerprint density at radius 3 is 2.78 bits per heavy atom. The van der Waals surface area contributed by atoms with Gasteiger partial charge in [0.2, 0.25) is 0 Å². The van der Waals surface area contributed by atoms with E-state index in [1.807, 2.05) is 0 Å². The third-order valence-corrected chi connectivity index (χ3v) is 4.42. The van der Waals surface area contributed by atoms with Gasteiger partial charge in [-0.05, 0) is 51.1 Å². The zero-order valence-electron chi connectivity index (χ0n) is 11.6. The van der Waals surface area contributed by atoms with E-state index in [4.69, 9.17) is 0 Å². The first-order chi connectivity index (χ1) is 8.61. The highest BCUT2D eigenvalue weighted by Crippen LogP contribution is 2.25. The van der Waals surface area contributed by atoms with Gasteiger partial charge in [-0.3, -0.25) is 0 Å². The Hall–Kier alpha value is -0.540. The number of aryl methyl sites for hydroxylation is 1. The average molecular weight is 311 g/mol. The quantitative estimate of drug-likeness (QED) is 0.772. The first-order valence-electron chi connectivity index (χ1n) is 6.72. The van der Waals surface area contributed by atoms with E-state index in [-0.39, 0.29) is 0 Å². The Kier molecular flexibility index (Phi) is 4.68. The summed E-state index contributed by atoms with van der Waals surface area (Å²) in [5, 5.41) is 0.937. The van der Waals surface area contributed by atoms with E-state index in [9.17, 15) is 0 Å². The van der Waals surface area contributed by atoms with E-state index < -0.39 is 0 Å². The average Bonchev–Trinajstić information content (AvgIpc) is 2.50. The molecule has 1 fully saturated rings. The molecule has 0 radical (unpaired) electrons. The minimum atomic E-state index is 0.589. The number of hydrogen-bond acceptors (Lipinski definition) is 2. The van der Waals surface area contributed by atoms with Crippen molar-refractivity contribution in [2.45, 2.75) is 31.6 Å². The molecule has 0 saturated carbocycles. The lowest BCUT2D eigenvalue weighted by molar-refractivity contribution is 0.337. The Morgan fingerprint density at radius 2 is 2.11 bits per heavy atom. The number of anilines is 1. The molecular formula is C15H23BrN2. The van der Waals surface area contributed by atoms with E-state index in [1.165, 1.54) is 36.3 Å². The van der Waals surface area contributed by atoms with Crippen LogP contribution in [0.15, 0.2) is 18.2 Å². The molecule has 0 amide bonds. The van der Waals surface area contributed by atoms with Gasteiger partial charge in [0.05, 0.1) is 0 Å². The molecule has 1 atom stereocenters. The maximum absolute atomic E-state index is 3.52. The van der Waals surface area contributed by atoms with E-state index in [0.29, 0.717) is 6.04 Å². The number of hydrogen-bond donors (Lipinski definition) is 0. The van der Waals surface area contributed by atoms with Crippen LogP contribution in [0.4, 0.5) is 5.69 Å². The lowest BCUT2D eigenvalue weighted by Crippen LogP contribution is -2.38. The van der Waals surface area contributed by atoms with Crippen LogP contribution in [0, 0.1) is 6.92 Å². The van der Waals surface area contributed by atoms with Gasteiger partial charge < -0.3 is 9.80 Å². The first-order valence-corrected chi connectivity index (χ1v) is 7.84.